The standard InChI is InChI=1S/C20H21F3N6O2S2/c1-13(14-3-4-17-16(9-14)26-12-32-17)28-5-7-29(8-6-28)19-24-10-15(11-25-19)33(2,31)27-18(30)20(21,22)23/h3-4,9-13H,5-8H2,1-2H3/t13?,33-/m0/s1. The first-order chi connectivity index (χ1) is 15.5. The van der Waals surface area contributed by atoms with Crippen LogP contribution in [0.1, 0.15) is 18.5 Å². The number of aromatic nitrogens is 3. The van der Waals surface area contributed by atoms with E-state index < -0.39 is 21.8 Å². The Morgan fingerprint density at radius 1 is 1.15 bits per heavy atom. The number of hydrogen-bond acceptors (Lipinski definition) is 8. The van der Waals surface area contributed by atoms with Gasteiger partial charge in [-0.15, -0.1) is 15.7 Å². The molecule has 176 valence electrons. The lowest BCUT2D eigenvalue weighted by atomic mass is 10.1. The number of carbonyl (C=O) groups is 1. The summed E-state index contributed by atoms with van der Waals surface area (Å²) in [4.78, 5) is 27.9. The van der Waals surface area contributed by atoms with E-state index in [1.54, 1.807) is 11.3 Å². The number of piperazine rings is 1. The van der Waals surface area contributed by atoms with Gasteiger partial charge >= 0.3 is 12.1 Å². The van der Waals surface area contributed by atoms with Crippen LogP contribution >= 0.6 is 11.3 Å². The van der Waals surface area contributed by atoms with Gasteiger partial charge in [0.1, 0.15) is 0 Å². The molecule has 1 unspecified atom stereocenters. The Labute approximate surface area is 192 Å². The third-order valence-electron chi connectivity index (χ3n) is 5.53. The van der Waals surface area contributed by atoms with Crippen molar-refractivity contribution >= 4 is 43.1 Å². The van der Waals surface area contributed by atoms with E-state index in [0.29, 0.717) is 19.0 Å². The Morgan fingerprint density at radius 2 is 1.82 bits per heavy atom. The molecule has 0 bridgehead atoms. The largest absolute Gasteiger partial charge is 0.474 e. The van der Waals surface area contributed by atoms with Crippen LogP contribution in [0.3, 0.4) is 0 Å². The molecule has 33 heavy (non-hydrogen) atoms. The maximum absolute atomic E-state index is 12.5. The quantitative estimate of drug-likeness (QED) is 0.544. The third kappa shape index (κ3) is 5.14. The van der Waals surface area contributed by atoms with E-state index in [2.05, 4.69) is 49.3 Å². The molecule has 0 saturated carbocycles. The summed E-state index contributed by atoms with van der Waals surface area (Å²) in [6.07, 6.45) is -1.90. The van der Waals surface area contributed by atoms with Crippen molar-refractivity contribution in [3.8, 4) is 0 Å². The first kappa shape index (κ1) is 23.5. The SMILES string of the molecule is CC(c1ccc2scnc2c1)N1CCN(c2ncc([S@](C)(=O)=NC(=O)C(F)(F)F)cn2)CC1. The summed E-state index contributed by atoms with van der Waals surface area (Å²) in [6.45, 7) is 4.99. The summed E-state index contributed by atoms with van der Waals surface area (Å²) >= 11 is 1.61. The number of fused-ring (bicyclic) bond motifs is 1. The van der Waals surface area contributed by atoms with Gasteiger partial charge in [0.2, 0.25) is 5.95 Å². The summed E-state index contributed by atoms with van der Waals surface area (Å²) in [5, 5.41) is 0. The lowest BCUT2D eigenvalue weighted by Gasteiger charge is -2.38. The molecule has 8 nitrogen and oxygen atoms in total. The molecule has 2 aromatic heterocycles. The van der Waals surface area contributed by atoms with Crippen LogP contribution in [0.5, 0.6) is 0 Å². The molecule has 1 saturated heterocycles. The third-order valence-corrected chi connectivity index (χ3v) is 7.94. The van der Waals surface area contributed by atoms with Gasteiger partial charge in [-0.3, -0.25) is 9.69 Å². The zero-order valence-corrected chi connectivity index (χ0v) is 19.5. The highest BCUT2D eigenvalue weighted by molar-refractivity contribution is 7.93. The van der Waals surface area contributed by atoms with Gasteiger partial charge in [-0.2, -0.15) is 13.2 Å². The lowest BCUT2D eigenvalue weighted by Crippen LogP contribution is -2.47. The molecule has 1 aromatic carbocycles. The van der Waals surface area contributed by atoms with Crippen LogP contribution in [0, 0.1) is 0 Å². The predicted molar refractivity (Wildman–Crippen MR) is 120 cm³/mol. The number of benzene rings is 1. The smallest absolute Gasteiger partial charge is 0.338 e. The average molecular weight is 499 g/mol. The maximum Gasteiger partial charge on any atom is 0.474 e. The van der Waals surface area contributed by atoms with Crippen LogP contribution in [0.2, 0.25) is 0 Å². The second-order valence-corrected chi connectivity index (χ2v) is 10.8. The van der Waals surface area contributed by atoms with Gasteiger partial charge in [0, 0.05) is 50.9 Å². The predicted octanol–water partition coefficient (Wildman–Crippen LogP) is 3.52. The molecule has 13 heteroatoms. The van der Waals surface area contributed by atoms with Crippen LogP contribution in [0.25, 0.3) is 10.2 Å². The zero-order valence-electron chi connectivity index (χ0n) is 17.8. The van der Waals surface area contributed by atoms with Gasteiger partial charge in [0.05, 0.1) is 30.4 Å². The molecule has 3 aromatic rings. The number of rotatable bonds is 4. The molecule has 4 rings (SSSR count). The molecule has 1 fully saturated rings. The van der Waals surface area contributed by atoms with Gasteiger partial charge in [0.15, 0.2) is 0 Å². The fourth-order valence-electron chi connectivity index (χ4n) is 3.59. The molecule has 1 aliphatic rings. The van der Waals surface area contributed by atoms with Crippen LogP contribution < -0.4 is 4.90 Å². The minimum atomic E-state index is -5.18. The Bertz CT molecular complexity index is 1280. The monoisotopic (exact) mass is 498 g/mol. The number of amides is 1. The summed E-state index contributed by atoms with van der Waals surface area (Å²) in [5.41, 5.74) is 4.02. The Morgan fingerprint density at radius 3 is 2.45 bits per heavy atom. The molecular formula is C20H21F3N6O2S2. The van der Waals surface area contributed by atoms with Crippen LogP contribution in [-0.4, -0.2) is 68.6 Å². The van der Waals surface area contributed by atoms with E-state index in [4.69, 9.17) is 0 Å². The molecule has 0 radical (unpaired) electrons. The molecule has 0 spiro atoms. The van der Waals surface area contributed by atoms with Crippen LogP contribution in [0.4, 0.5) is 19.1 Å². The number of thiazole rings is 1. The van der Waals surface area contributed by atoms with Gasteiger partial charge < -0.3 is 4.90 Å². The minimum absolute atomic E-state index is 0.131. The minimum Gasteiger partial charge on any atom is -0.338 e. The van der Waals surface area contributed by atoms with E-state index in [-0.39, 0.29) is 10.9 Å². The highest BCUT2D eigenvalue weighted by atomic mass is 32.2. The van der Waals surface area contributed by atoms with Crippen molar-refractivity contribution in [3.63, 3.8) is 0 Å². The van der Waals surface area contributed by atoms with Crippen molar-refractivity contribution in [2.75, 3.05) is 37.3 Å². The van der Waals surface area contributed by atoms with Crippen molar-refractivity contribution in [2.24, 2.45) is 4.36 Å². The Hall–Kier alpha value is -2.64. The van der Waals surface area contributed by atoms with Crippen molar-refractivity contribution in [1.29, 1.82) is 0 Å². The zero-order chi connectivity index (χ0) is 23.8. The molecule has 2 atom stereocenters. The first-order valence-corrected chi connectivity index (χ1v) is 12.8. The van der Waals surface area contributed by atoms with E-state index >= 15 is 0 Å². The molecule has 1 aliphatic heterocycles. The van der Waals surface area contributed by atoms with Gasteiger partial charge in [-0.25, -0.2) is 19.2 Å². The topological polar surface area (TPSA) is 91.7 Å². The van der Waals surface area contributed by atoms with Gasteiger partial charge in [0.25, 0.3) is 0 Å². The number of carbonyl (C=O) groups excluding carboxylic acids is 1. The number of anilines is 1. The number of nitrogens with zero attached hydrogens (tertiary/aromatic N) is 6. The van der Waals surface area contributed by atoms with Crippen LogP contribution in [-0.2, 0) is 14.5 Å². The Kier molecular flexibility index (Phi) is 6.38. The number of halogens is 3. The summed E-state index contributed by atoms with van der Waals surface area (Å²) in [5.74, 6) is -2.01. The van der Waals surface area contributed by atoms with Gasteiger partial charge in [-0.05, 0) is 24.6 Å². The molecule has 0 N–H and O–H groups in total. The molecule has 3 heterocycles. The Balaban J connectivity index is 1.41. The fraction of sp³-hybridized carbons (Fsp3) is 0.400. The van der Waals surface area contributed by atoms with Gasteiger partial charge in [-0.1, -0.05) is 6.07 Å². The van der Waals surface area contributed by atoms with E-state index in [1.807, 2.05) is 10.4 Å². The summed E-state index contributed by atoms with van der Waals surface area (Å²) in [6, 6.07) is 6.53. The molecule has 0 aliphatic carbocycles. The van der Waals surface area contributed by atoms with E-state index in [1.165, 1.54) is 5.56 Å². The maximum atomic E-state index is 12.5. The number of hydrogen-bond donors (Lipinski definition) is 0. The van der Waals surface area contributed by atoms with Crippen molar-refractivity contribution in [1.82, 2.24) is 19.9 Å². The first-order valence-electron chi connectivity index (χ1n) is 10.0. The van der Waals surface area contributed by atoms with E-state index in [9.17, 15) is 22.2 Å². The average Bonchev–Trinajstić information content (AvgIpc) is 3.26. The highest BCUT2D eigenvalue weighted by Gasteiger charge is 2.39. The van der Waals surface area contributed by atoms with E-state index in [0.717, 1.165) is 42.0 Å². The normalized spacial score (nSPS) is 18.2. The molecule has 1 amide bonds. The van der Waals surface area contributed by atoms with Crippen molar-refractivity contribution in [3.05, 3.63) is 41.7 Å². The summed E-state index contributed by atoms with van der Waals surface area (Å²) in [7, 11) is -3.60. The number of alkyl halides is 3. The van der Waals surface area contributed by atoms with Crippen LogP contribution in [0.15, 0.2) is 45.4 Å². The second-order valence-electron chi connectivity index (χ2n) is 7.69. The lowest BCUT2D eigenvalue weighted by molar-refractivity contribution is -0.169. The molecular weight excluding hydrogens is 477 g/mol. The summed E-state index contributed by atoms with van der Waals surface area (Å²) < 4.78 is 53.8. The fourth-order valence-corrected chi connectivity index (χ4v) is 5.27. The van der Waals surface area contributed by atoms with Crippen molar-refractivity contribution < 1.29 is 22.2 Å². The van der Waals surface area contributed by atoms with Crippen molar-refractivity contribution in [2.45, 2.75) is 24.0 Å². The second kappa shape index (κ2) is 8.95. The highest BCUT2D eigenvalue weighted by Crippen LogP contribution is 2.27.